The molecule has 1 aliphatic heterocycles. The molecule has 0 bridgehead atoms. The fourth-order valence-corrected chi connectivity index (χ4v) is 6.10. The largest absolute Gasteiger partial charge is 0.244 e. The summed E-state index contributed by atoms with van der Waals surface area (Å²) in [6, 6.07) is 5.26. The van der Waals surface area contributed by atoms with Gasteiger partial charge in [0.15, 0.2) is 0 Å². The summed E-state index contributed by atoms with van der Waals surface area (Å²) < 4.78 is 28.2. The molecule has 0 saturated carbocycles. The normalized spacial score (nSPS) is 21.4. The third-order valence-corrected chi connectivity index (χ3v) is 7.17. The predicted molar refractivity (Wildman–Crippen MR) is 82.5 cm³/mol. The van der Waals surface area contributed by atoms with Gasteiger partial charge in [0.2, 0.25) is 10.0 Å². The molecular formula is C11H12Br3NO2S. The van der Waals surface area contributed by atoms with Crippen LogP contribution in [0, 0.1) is 0 Å². The minimum Gasteiger partial charge on any atom is -0.207 e. The molecule has 1 aliphatic rings. The van der Waals surface area contributed by atoms with Gasteiger partial charge in [0.05, 0.1) is 4.90 Å². The average Bonchev–Trinajstić information content (AvgIpc) is 2.81. The minimum absolute atomic E-state index is 0.0564. The average molecular weight is 462 g/mol. The molecular weight excluding hydrogens is 450 g/mol. The lowest BCUT2D eigenvalue weighted by Gasteiger charge is -2.23. The van der Waals surface area contributed by atoms with Crippen molar-refractivity contribution in [3.63, 3.8) is 0 Å². The van der Waals surface area contributed by atoms with E-state index in [1.807, 2.05) is 6.07 Å². The van der Waals surface area contributed by atoms with Gasteiger partial charge in [0.1, 0.15) is 0 Å². The zero-order valence-electron chi connectivity index (χ0n) is 9.44. The van der Waals surface area contributed by atoms with E-state index in [1.54, 1.807) is 16.4 Å². The van der Waals surface area contributed by atoms with Gasteiger partial charge >= 0.3 is 0 Å². The summed E-state index contributed by atoms with van der Waals surface area (Å²) in [5, 5.41) is 0.678. The van der Waals surface area contributed by atoms with E-state index in [2.05, 4.69) is 47.8 Å². The molecule has 3 nitrogen and oxygen atoms in total. The number of hydrogen-bond donors (Lipinski definition) is 0. The lowest BCUT2D eigenvalue weighted by Crippen LogP contribution is -2.36. The van der Waals surface area contributed by atoms with E-state index >= 15 is 0 Å². The topological polar surface area (TPSA) is 37.4 Å². The molecule has 1 aromatic carbocycles. The first kappa shape index (κ1) is 15.0. The quantitative estimate of drug-likeness (QED) is 0.643. The van der Waals surface area contributed by atoms with E-state index in [4.69, 9.17) is 0 Å². The van der Waals surface area contributed by atoms with Crippen LogP contribution in [0.3, 0.4) is 0 Å². The summed E-state index contributed by atoms with van der Waals surface area (Å²) in [4.78, 5) is 0.324. The van der Waals surface area contributed by atoms with Crippen LogP contribution in [0.4, 0.5) is 0 Å². The second kappa shape index (κ2) is 5.91. The molecule has 1 heterocycles. The van der Waals surface area contributed by atoms with E-state index < -0.39 is 10.0 Å². The second-order valence-electron chi connectivity index (χ2n) is 4.14. The Morgan fingerprint density at radius 2 is 2.06 bits per heavy atom. The highest BCUT2D eigenvalue weighted by Gasteiger charge is 2.35. The number of hydrogen-bond acceptors (Lipinski definition) is 2. The van der Waals surface area contributed by atoms with Gasteiger partial charge in [-0.15, -0.1) is 0 Å². The molecule has 1 fully saturated rings. The van der Waals surface area contributed by atoms with Gasteiger partial charge in [-0.25, -0.2) is 8.42 Å². The summed E-state index contributed by atoms with van der Waals surface area (Å²) in [6.07, 6.45) is 1.83. The number of benzene rings is 1. The maximum atomic E-state index is 12.6. The van der Waals surface area contributed by atoms with Crippen molar-refractivity contribution in [3.05, 3.63) is 27.1 Å². The van der Waals surface area contributed by atoms with E-state index in [0.717, 1.165) is 17.3 Å². The van der Waals surface area contributed by atoms with E-state index in [9.17, 15) is 8.42 Å². The van der Waals surface area contributed by atoms with Crippen LogP contribution >= 0.6 is 47.8 Å². The van der Waals surface area contributed by atoms with E-state index in [1.165, 1.54) is 0 Å². The minimum atomic E-state index is -3.43. The Morgan fingerprint density at radius 1 is 1.33 bits per heavy atom. The van der Waals surface area contributed by atoms with Crippen LogP contribution in [0.1, 0.15) is 12.8 Å². The Morgan fingerprint density at radius 3 is 2.72 bits per heavy atom. The number of alkyl halides is 1. The Kier molecular flexibility index (Phi) is 4.91. The third-order valence-electron chi connectivity index (χ3n) is 2.98. The van der Waals surface area contributed by atoms with Crippen LogP contribution in [0.15, 0.2) is 32.0 Å². The van der Waals surface area contributed by atoms with Gasteiger partial charge in [-0.1, -0.05) is 31.9 Å². The zero-order chi connectivity index (χ0) is 13.3. The molecule has 0 aliphatic carbocycles. The van der Waals surface area contributed by atoms with E-state index in [0.29, 0.717) is 21.2 Å². The standard InChI is InChI=1S/C11H12Br3NO2S/c12-7-9-2-1-5-15(9)18(16,17)11-6-8(13)3-4-10(11)14/h3-4,6,9H,1-2,5,7H2. The Hall–Kier alpha value is 0.570. The van der Waals surface area contributed by atoms with Gasteiger partial charge in [-0.2, -0.15) is 4.31 Å². The van der Waals surface area contributed by atoms with Crippen molar-refractivity contribution < 1.29 is 8.42 Å². The van der Waals surface area contributed by atoms with Gasteiger partial charge in [-0.05, 0) is 47.0 Å². The summed E-state index contributed by atoms with van der Waals surface area (Å²) in [6.45, 7) is 0.595. The fraction of sp³-hybridized carbons (Fsp3) is 0.455. The highest BCUT2D eigenvalue weighted by atomic mass is 79.9. The summed E-state index contributed by atoms with van der Waals surface area (Å²) in [5.74, 6) is 0. The highest BCUT2D eigenvalue weighted by molar-refractivity contribution is 9.11. The molecule has 1 unspecified atom stereocenters. The SMILES string of the molecule is O=S(=O)(c1cc(Br)ccc1Br)N1CCCC1CBr. The molecule has 7 heteroatoms. The van der Waals surface area contributed by atoms with Gasteiger partial charge in [0.25, 0.3) is 0 Å². The van der Waals surface area contributed by atoms with Gasteiger partial charge in [0, 0.05) is 26.9 Å². The van der Waals surface area contributed by atoms with Gasteiger partial charge < -0.3 is 0 Å². The number of sulfonamides is 1. The number of halogens is 3. The molecule has 0 N–H and O–H groups in total. The van der Waals surface area contributed by atoms with Crippen molar-refractivity contribution in [1.82, 2.24) is 4.31 Å². The Labute approximate surface area is 132 Å². The molecule has 2 rings (SSSR count). The third kappa shape index (κ3) is 2.85. The summed E-state index contributed by atoms with van der Waals surface area (Å²) >= 11 is 10.0. The highest BCUT2D eigenvalue weighted by Crippen LogP contribution is 2.32. The molecule has 1 aromatic rings. The second-order valence-corrected chi connectivity index (χ2v) is 8.42. The zero-order valence-corrected chi connectivity index (χ0v) is 15.0. The lowest BCUT2D eigenvalue weighted by atomic mass is 10.3. The van der Waals surface area contributed by atoms with Crippen LogP contribution in [0.5, 0.6) is 0 Å². The van der Waals surface area contributed by atoms with Crippen molar-refractivity contribution in [1.29, 1.82) is 0 Å². The van der Waals surface area contributed by atoms with Crippen LogP contribution < -0.4 is 0 Å². The summed E-state index contributed by atoms with van der Waals surface area (Å²) in [7, 11) is -3.43. The molecule has 0 radical (unpaired) electrons. The molecule has 1 saturated heterocycles. The number of rotatable bonds is 3. The Balaban J connectivity index is 2.45. The predicted octanol–water partition coefficient (Wildman–Crippen LogP) is 3.76. The monoisotopic (exact) mass is 459 g/mol. The fourth-order valence-electron chi connectivity index (χ4n) is 2.08. The molecule has 1 atom stereocenters. The summed E-state index contributed by atoms with van der Waals surface area (Å²) in [5.41, 5.74) is 0. The van der Waals surface area contributed by atoms with Crippen molar-refractivity contribution in [2.45, 2.75) is 23.8 Å². The van der Waals surface area contributed by atoms with Crippen molar-refractivity contribution in [2.24, 2.45) is 0 Å². The molecule has 0 amide bonds. The maximum absolute atomic E-state index is 12.6. The van der Waals surface area contributed by atoms with Crippen molar-refractivity contribution in [3.8, 4) is 0 Å². The van der Waals surface area contributed by atoms with Crippen LogP contribution in [-0.2, 0) is 10.0 Å². The van der Waals surface area contributed by atoms with Crippen molar-refractivity contribution >= 4 is 57.8 Å². The molecule has 0 aromatic heterocycles. The first-order valence-electron chi connectivity index (χ1n) is 5.49. The first-order valence-corrected chi connectivity index (χ1v) is 9.64. The Bertz CT molecular complexity index is 547. The molecule has 100 valence electrons. The maximum Gasteiger partial charge on any atom is 0.244 e. The van der Waals surface area contributed by atoms with Crippen LogP contribution in [0.2, 0.25) is 0 Å². The number of nitrogens with zero attached hydrogens (tertiary/aromatic N) is 1. The lowest BCUT2D eigenvalue weighted by molar-refractivity contribution is 0.413. The van der Waals surface area contributed by atoms with Gasteiger partial charge in [-0.3, -0.25) is 0 Å². The smallest absolute Gasteiger partial charge is 0.207 e. The van der Waals surface area contributed by atoms with Crippen molar-refractivity contribution in [2.75, 3.05) is 11.9 Å². The molecule has 0 spiro atoms. The van der Waals surface area contributed by atoms with Crippen LogP contribution in [0.25, 0.3) is 0 Å². The first-order chi connectivity index (χ1) is 8.46. The molecule has 18 heavy (non-hydrogen) atoms. The van der Waals surface area contributed by atoms with E-state index in [-0.39, 0.29) is 6.04 Å². The van der Waals surface area contributed by atoms with Crippen LogP contribution in [-0.4, -0.2) is 30.6 Å².